The van der Waals surface area contributed by atoms with Crippen molar-refractivity contribution in [2.75, 3.05) is 0 Å². The summed E-state index contributed by atoms with van der Waals surface area (Å²) >= 11 is 0. The molecule has 49 heteroatoms. The van der Waals surface area contributed by atoms with E-state index >= 15 is 0 Å². The molecule has 0 heterocycles. The van der Waals surface area contributed by atoms with E-state index in [1.165, 1.54) is 0 Å². The first kappa shape index (κ1) is 86.9. The van der Waals surface area contributed by atoms with Crippen molar-refractivity contribution >= 4 is 101 Å². The van der Waals surface area contributed by atoms with Crippen LogP contribution < -0.4 is 0 Å². The summed E-state index contributed by atoms with van der Waals surface area (Å²) in [7, 11) is -26.0. The lowest BCUT2D eigenvalue weighted by Gasteiger charge is -1.69. The van der Waals surface area contributed by atoms with Gasteiger partial charge in [-0.3, -0.25) is 0 Å². The van der Waals surface area contributed by atoms with Crippen LogP contribution in [-0.4, -0.2) is 269 Å². The second-order valence-corrected chi connectivity index (χ2v) is 4.16. The summed E-state index contributed by atoms with van der Waals surface area (Å²) in [5, 5.41) is 258. The van der Waals surface area contributed by atoms with Crippen LogP contribution in [0.15, 0.2) is 0 Å². The Morgan fingerprint density at radius 2 is 0.102 bits per heavy atom. The second-order valence-electron chi connectivity index (χ2n) is 4.16. The van der Waals surface area contributed by atoms with Crippen LogP contribution in [0.25, 0.3) is 0 Å². The van der Waals surface area contributed by atoms with Gasteiger partial charge in [0.25, 0.3) is 0 Å². The summed E-state index contributed by atoms with van der Waals surface area (Å²) in [5.41, 5.74) is 0. The summed E-state index contributed by atoms with van der Waals surface area (Å²) < 4.78 is 0. The average Bonchev–Trinajstić information content (AvgIpc) is 2.61. The van der Waals surface area contributed by atoms with Crippen LogP contribution in [0.4, 0.5) is 0 Å². The molecule has 0 amide bonds. The molecular formula is H38B12O36S. The Kier molecular flexibility index (Phi) is 145. The van der Waals surface area contributed by atoms with E-state index in [-0.39, 0.29) is 13.5 Å². The van der Waals surface area contributed by atoms with Crippen molar-refractivity contribution in [3.8, 4) is 0 Å². The minimum Gasteiger partial charge on any atom is -0.402 e. The maximum Gasteiger partial charge on any atom is 0.631 e. The van der Waals surface area contributed by atoms with Gasteiger partial charge in [-0.1, -0.05) is 0 Å². The van der Waals surface area contributed by atoms with Crippen LogP contribution in [0, 0.1) is 0 Å². The van der Waals surface area contributed by atoms with Crippen molar-refractivity contribution in [2.24, 2.45) is 0 Å². The topological polar surface area (TPSA) is 728 Å². The Morgan fingerprint density at radius 3 is 0.102 bits per heavy atom. The Balaban J connectivity index is -0.0000000262. The van der Waals surface area contributed by atoms with E-state index in [4.69, 9.17) is 181 Å². The predicted octanol–water partition coefficient (Wildman–Crippen LogP) is -24.5. The molecule has 0 aromatic rings. The summed E-state index contributed by atoms with van der Waals surface area (Å²) in [6, 6.07) is 0. The average molecular weight is 776 g/mol. The molecule has 0 fully saturated rings. The summed E-state index contributed by atoms with van der Waals surface area (Å²) in [4.78, 5) is 0. The van der Waals surface area contributed by atoms with E-state index < -0.39 is 87.9 Å². The molecule has 49 heavy (non-hydrogen) atoms. The van der Waals surface area contributed by atoms with Crippen LogP contribution in [0.1, 0.15) is 0 Å². The molecule has 36 nitrogen and oxygen atoms in total. The van der Waals surface area contributed by atoms with Gasteiger partial charge in [-0.15, -0.1) is 0 Å². The zero-order valence-corrected chi connectivity index (χ0v) is 24.5. The van der Waals surface area contributed by atoms with E-state index in [1.807, 2.05) is 0 Å². The minimum atomic E-state index is -2.17. The number of rotatable bonds is 0. The highest BCUT2D eigenvalue weighted by atomic mass is 32.1. The monoisotopic (exact) mass is 778 g/mol. The van der Waals surface area contributed by atoms with E-state index in [0.717, 1.165) is 0 Å². The molecule has 0 aromatic heterocycles. The third-order valence-corrected chi connectivity index (χ3v) is 0. The van der Waals surface area contributed by atoms with E-state index in [0.29, 0.717) is 0 Å². The van der Waals surface area contributed by atoms with Gasteiger partial charge < -0.3 is 181 Å². The minimum absolute atomic E-state index is 0. The van der Waals surface area contributed by atoms with Crippen molar-refractivity contribution in [3.63, 3.8) is 0 Å². The van der Waals surface area contributed by atoms with Crippen LogP contribution in [0.2, 0.25) is 0 Å². The Labute approximate surface area is 282 Å². The van der Waals surface area contributed by atoms with Gasteiger partial charge in [-0.25, -0.2) is 0 Å². The first-order chi connectivity index (χ1) is 20.8. The van der Waals surface area contributed by atoms with Crippen molar-refractivity contribution in [1.29, 1.82) is 0 Å². The number of hydrogen-bond donors (Lipinski definition) is 36. The fraction of sp³-hybridized carbons (Fsp3) is 0. The first-order valence-corrected chi connectivity index (χ1v) is 9.30. The highest BCUT2D eigenvalue weighted by molar-refractivity contribution is 7.59. The van der Waals surface area contributed by atoms with Crippen molar-refractivity contribution in [1.82, 2.24) is 0 Å². The van der Waals surface area contributed by atoms with Gasteiger partial charge in [0.15, 0.2) is 0 Å². The van der Waals surface area contributed by atoms with E-state index in [2.05, 4.69) is 0 Å². The van der Waals surface area contributed by atoms with Gasteiger partial charge in [0, 0.05) is 0 Å². The molecule has 0 aromatic carbocycles. The second kappa shape index (κ2) is 81.6. The fourth-order valence-electron chi connectivity index (χ4n) is 0. The Bertz CT molecular complexity index is 232. The molecule has 0 spiro atoms. The SMILES string of the molecule is OB(O)O.OB(O)O.OB(O)O.OB(O)O.OB(O)O.OB(O)O.OB(O)O.OB(O)O.OB(O)O.OB(O)O.OB(O)O.OB(O)O.S. The summed E-state index contributed by atoms with van der Waals surface area (Å²) in [6.45, 7) is 0. The Hall–Kier alpha value is -0.311. The third-order valence-electron chi connectivity index (χ3n) is 0. The molecule has 0 bridgehead atoms. The molecule has 0 atom stereocenters. The van der Waals surface area contributed by atoms with Crippen LogP contribution >= 0.6 is 13.5 Å². The molecule has 0 radical (unpaired) electrons. The predicted molar refractivity (Wildman–Crippen MR) is 159 cm³/mol. The highest BCUT2D eigenvalue weighted by Crippen LogP contribution is 1.44. The van der Waals surface area contributed by atoms with E-state index in [1.54, 1.807) is 0 Å². The fourth-order valence-corrected chi connectivity index (χ4v) is 0. The largest absolute Gasteiger partial charge is 0.631 e. The first-order valence-electron chi connectivity index (χ1n) is 9.30. The van der Waals surface area contributed by atoms with Gasteiger partial charge in [0.2, 0.25) is 0 Å². The molecule has 0 aliphatic heterocycles. The van der Waals surface area contributed by atoms with Gasteiger partial charge in [-0.2, -0.15) is 13.5 Å². The molecule has 0 aliphatic rings. The van der Waals surface area contributed by atoms with Crippen LogP contribution in [0.5, 0.6) is 0 Å². The zero-order valence-electron chi connectivity index (χ0n) is 23.5. The zero-order chi connectivity index (χ0) is 42.9. The standard InChI is InChI=1S/12BH3O3.H2S/c12*2-1(3)4;/h12*2-4H;1H2. The van der Waals surface area contributed by atoms with Gasteiger partial charge in [-0.05, 0) is 0 Å². The summed E-state index contributed by atoms with van der Waals surface area (Å²) in [6.07, 6.45) is 0. The highest BCUT2D eigenvalue weighted by Gasteiger charge is 1.96. The molecule has 0 unspecified atom stereocenters. The van der Waals surface area contributed by atoms with Gasteiger partial charge in [0.05, 0.1) is 0 Å². The maximum absolute atomic E-state index is 7.17. The lowest BCUT2D eigenvalue weighted by molar-refractivity contribution is 0.276. The molecule has 0 aliphatic carbocycles. The molecule has 0 rings (SSSR count). The molecular weight excluding hydrogens is 738 g/mol. The molecule has 0 saturated heterocycles. The smallest absolute Gasteiger partial charge is 0.402 e. The molecule has 36 N–H and O–H groups in total. The molecule has 296 valence electrons. The van der Waals surface area contributed by atoms with Gasteiger partial charge >= 0.3 is 87.9 Å². The Morgan fingerprint density at radius 1 is 0.102 bits per heavy atom. The summed E-state index contributed by atoms with van der Waals surface area (Å²) in [5.74, 6) is 0. The van der Waals surface area contributed by atoms with E-state index in [9.17, 15) is 0 Å². The van der Waals surface area contributed by atoms with Crippen molar-refractivity contribution in [3.05, 3.63) is 0 Å². The van der Waals surface area contributed by atoms with Gasteiger partial charge in [0.1, 0.15) is 0 Å². The van der Waals surface area contributed by atoms with Crippen molar-refractivity contribution < 1.29 is 181 Å². The quantitative estimate of drug-likeness (QED) is 0.102. The third kappa shape index (κ3) is 1030000. The van der Waals surface area contributed by atoms with Crippen LogP contribution in [0.3, 0.4) is 0 Å². The number of hydrogen-bond acceptors (Lipinski definition) is 36. The van der Waals surface area contributed by atoms with Crippen LogP contribution in [-0.2, 0) is 0 Å². The lowest BCUT2D eigenvalue weighted by atomic mass is 10.3. The lowest BCUT2D eigenvalue weighted by Crippen LogP contribution is -2.07. The normalized spacial score (nSPS) is 6.61. The van der Waals surface area contributed by atoms with Crippen molar-refractivity contribution in [2.45, 2.75) is 0 Å². The maximum atomic E-state index is 7.17. The molecule has 0 saturated carbocycles.